The number of carboxylic acids is 1. The van der Waals surface area contributed by atoms with Crippen molar-refractivity contribution >= 4 is 22.4 Å². The van der Waals surface area contributed by atoms with E-state index in [2.05, 4.69) is 42.3 Å². The van der Waals surface area contributed by atoms with Gasteiger partial charge in [0, 0.05) is 24.7 Å². The smallest absolute Gasteiger partial charge is 0.307 e. The predicted octanol–water partition coefficient (Wildman–Crippen LogP) is 5.93. The van der Waals surface area contributed by atoms with E-state index >= 15 is 0 Å². The van der Waals surface area contributed by atoms with Gasteiger partial charge in [-0.15, -0.1) is 0 Å². The third kappa shape index (κ3) is 4.90. The molecule has 2 heterocycles. The normalized spacial score (nSPS) is 16.9. The van der Waals surface area contributed by atoms with Gasteiger partial charge in [-0.25, -0.2) is 0 Å². The average Bonchev–Trinajstić information content (AvgIpc) is 2.75. The summed E-state index contributed by atoms with van der Waals surface area (Å²) in [5.41, 5.74) is 6.11. The van der Waals surface area contributed by atoms with E-state index in [4.69, 9.17) is 9.84 Å². The minimum absolute atomic E-state index is 0.0200. The molecule has 2 aliphatic heterocycles. The van der Waals surface area contributed by atoms with E-state index in [-0.39, 0.29) is 6.42 Å². The van der Waals surface area contributed by atoms with Crippen LogP contribution in [0.15, 0.2) is 42.5 Å². The van der Waals surface area contributed by atoms with Gasteiger partial charge in [0.2, 0.25) is 0 Å². The molecule has 0 radical (unpaired) electrons. The van der Waals surface area contributed by atoms with Crippen molar-refractivity contribution in [3.8, 4) is 16.9 Å². The van der Waals surface area contributed by atoms with E-state index in [0.717, 1.165) is 64.8 Å². The van der Waals surface area contributed by atoms with Gasteiger partial charge in [-0.3, -0.25) is 4.79 Å². The van der Waals surface area contributed by atoms with Gasteiger partial charge in [0.25, 0.3) is 0 Å². The first-order valence-electron chi connectivity index (χ1n) is 12.0. The maximum Gasteiger partial charge on any atom is 0.307 e. The Morgan fingerprint density at radius 3 is 2.56 bits per heavy atom. The van der Waals surface area contributed by atoms with Crippen LogP contribution >= 0.6 is 0 Å². The SMILES string of the molecule is CC(C)(C)O.Cc1cc2ccccc2c(-c2ccc3c4c2N(C)CCC4CCO3)c1CC(=O)O. The summed E-state index contributed by atoms with van der Waals surface area (Å²) in [6.45, 7) is 9.03. The summed E-state index contributed by atoms with van der Waals surface area (Å²) in [5.74, 6) is 0.706. The van der Waals surface area contributed by atoms with E-state index in [0.29, 0.717) is 5.92 Å². The van der Waals surface area contributed by atoms with Gasteiger partial charge >= 0.3 is 5.97 Å². The van der Waals surface area contributed by atoms with Crippen LogP contribution in [0, 0.1) is 6.92 Å². The molecule has 180 valence electrons. The Balaban J connectivity index is 0.000000499. The molecule has 1 atom stereocenters. The first-order chi connectivity index (χ1) is 16.0. The van der Waals surface area contributed by atoms with Gasteiger partial charge in [0.1, 0.15) is 5.75 Å². The summed E-state index contributed by atoms with van der Waals surface area (Å²) in [6.07, 6.45) is 2.21. The van der Waals surface area contributed by atoms with E-state index in [1.54, 1.807) is 20.8 Å². The van der Waals surface area contributed by atoms with Gasteiger partial charge in [-0.1, -0.05) is 30.3 Å². The van der Waals surface area contributed by atoms with Crippen molar-refractivity contribution in [3.05, 3.63) is 59.2 Å². The molecule has 0 bridgehead atoms. The second-order valence-electron chi connectivity index (χ2n) is 10.4. The van der Waals surface area contributed by atoms with Crippen LogP contribution in [-0.2, 0) is 11.2 Å². The van der Waals surface area contributed by atoms with E-state index in [9.17, 15) is 9.90 Å². The molecule has 5 nitrogen and oxygen atoms in total. The van der Waals surface area contributed by atoms with Crippen molar-refractivity contribution in [3.63, 3.8) is 0 Å². The first kappa shape index (κ1) is 24.1. The Morgan fingerprint density at radius 1 is 1.15 bits per heavy atom. The molecule has 0 saturated carbocycles. The fraction of sp³-hybridized carbons (Fsp3) is 0.414. The molecule has 1 unspecified atom stereocenters. The highest BCUT2D eigenvalue weighted by Gasteiger charge is 2.33. The molecular weight excluding hydrogens is 426 g/mol. The molecule has 0 spiro atoms. The van der Waals surface area contributed by atoms with Crippen LogP contribution in [0.2, 0.25) is 0 Å². The lowest BCUT2D eigenvalue weighted by Gasteiger charge is -2.39. The number of nitrogens with zero attached hydrogens (tertiary/aromatic N) is 1. The molecule has 2 aliphatic rings. The second kappa shape index (κ2) is 9.30. The van der Waals surface area contributed by atoms with Gasteiger partial charge < -0.3 is 19.8 Å². The van der Waals surface area contributed by atoms with E-state index in [1.807, 2.05) is 19.1 Å². The zero-order chi connectivity index (χ0) is 24.6. The highest BCUT2D eigenvalue weighted by Crippen LogP contribution is 2.51. The largest absolute Gasteiger partial charge is 0.493 e. The van der Waals surface area contributed by atoms with Crippen LogP contribution in [0.25, 0.3) is 21.9 Å². The summed E-state index contributed by atoms with van der Waals surface area (Å²) in [5, 5.41) is 20.4. The highest BCUT2D eigenvalue weighted by molar-refractivity contribution is 6.04. The summed E-state index contributed by atoms with van der Waals surface area (Å²) < 4.78 is 5.99. The maximum atomic E-state index is 11.7. The quantitative estimate of drug-likeness (QED) is 0.506. The van der Waals surface area contributed by atoms with E-state index < -0.39 is 11.6 Å². The van der Waals surface area contributed by atoms with Crippen LogP contribution in [0.4, 0.5) is 5.69 Å². The third-order valence-corrected chi connectivity index (χ3v) is 6.48. The summed E-state index contributed by atoms with van der Waals surface area (Å²) in [7, 11) is 2.14. The summed E-state index contributed by atoms with van der Waals surface area (Å²) in [6, 6.07) is 14.6. The van der Waals surface area contributed by atoms with Crippen molar-refractivity contribution in [2.24, 2.45) is 0 Å². The minimum Gasteiger partial charge on any atom is -0.493 e. The second-order valence-corrected chi connectivity index (χ2v) is 10.4. The predicted molar refractivity (Wildman–Crippen MR) is 138 cm³/mol. The lowest BCUT2D eigenvalue weighted by molar-refractivity contribution is -0.136. The first-order valence-corrected chi connectivity index (χ1v) is 12.0. The number of ether oxygens (including phenoxy) is 1. The molecule has 2 N–H and O–H groups in total. The van der Waals surface area contributed by atoms with Gasteiger partial charge in [0.15, 0.2) is 0 Å². The van der Waals surface area contributed by atoms with Crippen LogP contribution in [0.1, 0.15) is 56.2 Å². The van der Waals surface area contributed by atoms with Gasteiger partial charge in [0.05, 0.1) is 24.3 Å². The van der Waals surface area contributed by atoms with E-state index in [1.165, 1.54) is 11.3 Å². The summed E-state index contributed by atoms with van der Waals surface area (Å²) in [4.78, 5) is 14.0. The van der Waals surface area contributed by atoms with Crippen LogP contribution in [0.5, 0.6) is 5.75 Å². The molecule has 3 aromatic rings. The fourth-order valence-corrected chi connectivity index (χ4v) is 5.15. The number of carboxylic acid groups (broad SMARTS) is 1. The molecule has 0 amide bonds. The number of aliphatic hydroxyl groups is 1. The fourth-order valence-electron chi connectivity index (χ4n) is 5.15. The Kier molecular flexibility index (Phi) is 6.59. The Labute approximate surface area is 202 Å². The molecule has 34 heavy (non-hydrogen) atoms. The lowest BCUT2D eigenvalue weighted by Crippen LogP contribution is -2.31. The van der Waals surface area contributed by atoms with Crippen LogP contribution in [0.3, 0.4) is 0 Å². The molecule has 3 aromatic carbocycles. The van der Waals surface area contributed by atoms with Crippen molar-refractivity contribution in [2.75, 3.05) is 25.1 Å². The minimum atomic E-state index is -0.800. The number of hydrogen-bond donors (Lipinski definition) is 2. The number of fused-ring (bicyclic) bond motifs is 1. The van der Waals surface area contributed by atoms with Crippen molar-refractivity contribution in [1.29, 1.82) is 0 Å². The number of aryl methyl sites for hydroxylation is 1. The lowest BCUT2D eigenvalue weighted by atomic mass is 9.80. The molecule has 0 fully saturated rings. The van der Waals surface area contributed by atoms with Crippen molar-refractivity contribution in [2.45, 2.75) is 58.5 Å². The van der Waals surface area contributed by atoms with Crippen molar-refractivity contribution < 1.29 is 19.7 Å². The zero-order valence-electron chi connectivity index (χ0n) is 20.8. The highest BCUT2D eigenvalue weighted by atomic mass is 16.5. The number of hydrogen-bond acceptors (Lipinski definition) is 4. The molecule has 0 aromatic heterocycles. The Bertz CT molecular complexity index is 1220. The number of carbonyl (C=O) groups is 1. The van der Waals surface area contributed by atoms with Crippen LogP contribution in [-0.4, -0.2) is 42.0 Å². The molecule has 5 heteroatoms. The standard InChI is InChI=1S/C25H25NO3.C4H10O/c1-15-13-17-5-3-4-6-18(17)24(20(15)14-22(27)28)19-7-8-21-23-16(10-12-29-21)9-11-26(2)25(19)23;1-4(2,3)5/h3-8,13,16H,9-12,14H2,1-2H3,(H,27,28);5H,1-3H3. The van der Waals surface area contributed by atoms with Gasteiger partial charge in [-0.05, 0) is 86.1 Å². The monoisotopic (exact) mass is 461 g/mol. The van der Waals surface area contributed by atoms with Crippen LogP contribution < -0.4 is 9.64 Å². The zero-order valence-corrected chi connectivity index (χ0v) is 20.8. The average molecular weight is 462 g/mol. The number of aliphatic carboxylic acids is 1. The molecule has 5 rings (SSSR count). The number of rotatable bonds is 3. The molecule has 0 aliphatic carbocycles. The number of anilines is 1. The topological polar surface area (TPSA) is 70.0 Å². The molecule has 0 saturated heterocycles. The Morgan fingerprint density at radius 2 is 1.85 bits per heavy atom. The summed E-state index contributed by atoms with van der Waals surface area (Å²) >= 11 is 0. The van der Waals surface area contributed by atoms with Gasteiger partial charge in [-0.2, -0.15) is 0 Å². The maximum absolute atomic E-state index is 11.7. The molecular formula is C29H35NO4. The van der Waals surface area contributed by atoms with Crippen molar-refractivity contribution in [1.82, 2.24) is 0 Å². The Hall–Kier alpha value is -3.05. The third-order valence-electron chi connectivity index (χ3n) is 6.48. The number of benzene rings is 3.